The molecule has 2 N–H and O–H groups in total. The zero-order chi connectivity index (χ0) is 12.1. The topological polar surface area (TPSA) is 35.2 Å². The highest BCUT2D eigenvalue weighted by Gasteiger charge is 2.16. The van der Waals surface area contributed by atoms with E-state index in [1.807, 2.05) is 0 Å². The van der Waals surface area contributed by atoms with E-state index in [0.717, 1.165) is 12.8 Å². The van der Waals surface area contributed by atoms with Crippen molar-refractivity contribution in [2.75, 3.05) is 7.11 Å². The lowest BCUT2D eigenvalue weighted by Gasteiger charge is -2.17. The van der Waals surface area contributed by atoms with Gasteiger partial charge < -0.3 is 10.5 Å². The summed E-state index contributed by atoms with van der Waals surface area (Å²) in [6, 6.07) is 4.85. The van der Waals surface area contributed by atoms with Crippen LogP contribution in [0.1, 0.15) is 38.3 Å². The molecule has 1 rings (SSSR count). The van der Waals surface area contributed by atoms with Gasteiger partial charge in [-0.05, 0) is 18.4 Å². The second kappa shape index (κ2) is 5.85. The molecule has 16 heavy (non-hydrogen) atoms. The van der Waals surface area contributed by atoms with E-state index in [4.69, 9.17) is 10.5 Å². The van der Waals surface area contributed by atoms with Crippen LogP contribution in [0.15, 0.2) is 18.2 Å². The molecule has 0 saturated carbocycles. The number of nitrogens with two attached hydrogens (primary N) is 1. The monoisotopic (exact) mass is 225 g/mol. The number of rotatable bonds is 5. The van der Waals surface area contributed by atoms with Crippen molar-refractivity contribution in [3.8, 4) is 5.75 Å². The van der Waals surface area contributed by atoms with Gasteiger partial charge in [0.1, 0.15) is 0 Å². The van der Waals surface area contributed by atoms with Crippen molar-refractivity contribution in [3.63, 3.8) is 0 Å². The van der Waals surface area contributed by atoms with Crippen LogP contribution in [0.2, 0.25) is 0 Å². The summed E-state index contributed by atoms with van der Waals surface area (Å²) in [5, 5.41) is 0. The average Bonchev–Trinajstić information content (AvgIpc) is 2.29. The van der Waals surface area contributed by atoms with Gasteiger partial charge in [0.15, 0.2) is 11.6 Å². The van der Waals surface area contributed by atoms with Crippen LogP contribution in [0.4, 0.5) is 4.39 Å². The fraction of sp³-hybridized carbons (Fsp3) is 0.538. The lowest BCUT2D eigenvalue weighted by Crippen LogP contribution is -2.15. The Balaban J connectivity index is 2.86. The van der Waals surface area contributed by atoms with Gasteiger partial charge in [0.25, 0.3) is 0 Å². The van der Waals surface area contributed by atoms with Crippen molar-refractivity contribution in [1.29, 1.82) is 0 Å². The molecule has 0 bridgehead atoms. The molecular weight excluding hydrogens is 205 g/mol. The minimum Gasteiger partial charge on any atom is -0.494 e. The Morgan fingerprint density at radius 1 is 1.44 bits per heavy atom. The van der Waals surface area contributed by atoms with E-state index < -0.39 is 0 Å². The summed E-state index contributed by atoms with van der Waals surface area (Å²) < 4.78 is 18.8. The Morgan fingerprint density at radius 3 is 2.69 bits per heavy atom. The van der Waals surface area contributed by atoms with Gasteiger partial charge in [0, 0.05) is 11.6 Å². The summed E-state index contributed by atoms with van der Waals surface area (Å²) in [5.41, 5.74) is 6.54. The van der Waals surface area contributed by atoms with Crippen molar-refractivity contribution in [2.24, 2.45) is 11.7 Å². The third-order valence-electron chi connectivity index (χ3n) is 2.97. The van der Waals surface area contributed by atoms with Crippen LogP contribution in [-0.2, 0) is 0 Å². The van der Waals surface area contributed by atoms with Crippen LogP contribution in [0.5, 0.6) is 5.75 Å². The van der Waals surface area contributed by atoms with Gasteiger partial charge >= 0.3 is 0 Å². The smallest absolute Gasteiger partial charge is 0.169 e. The molecule has 2 nitrogen and oxygen atoms in total. The molecule has 90 valence electrons. The Morgan fingerprint density at radius 2 is 2.12 bits per heavy atom. The Bertz CT molecular complexity index is 341. The van der Waals surface area contributed by atoms with Crippen LogP contribution in [0.3, 0.4) is 0 Å². The molecule has 0 spiro atoms. The van der Waals surface area contributed by atoms with Gasteiger partial charge in [-0.2, -0.15) is 0 Å². The summed E-state index contributed by atoms with van der Waals surface area (Å²) in [5.74, 6) is 0.429. The van der Waals surface area contributed by atoms with Crippen molar-refractivity contribution >= 4 is 0 Å². The number of halogens is 1. The zero-order valence-corrected chi connectivity index (χ0v) is 10.2. The third kappa shape index (κ3) is 2.95. The predicted octanol–water partition coefficient (Wildman–Crippen LogP) is 3.27. The van der Waals surface area contributed by atoms with E-state index in [1.54, 1.807) is 18.2 Å². The lowest BCUT2D eigenvalue weighted by molar-refractivity contribution is 0.378. The summed E-state index contributed by atoms with van der Waals surface area (Å²) in [7, 11) is 1.46. The first-order chi connectivity index (χ1) is 7.60. The molecule has 0 aromatic heterocycles. The van der Waals surface area contributed by atoms with Gasteiger partial charge in [-0.25, -0.2) is 4.39 Å². The maximum atomic E-state index is 13.9. The number of hydrogen-bond donors (Lipinski definition) is 1. The fourth-order valence-electron chi connectivity index (χ4n) is 1.70. The molecule has 0 aliphatic rings. The first-order valence-corrected chi connectivity index (χ1v) is 5.68. The van der Waals surface area contributed by atoms with Crippen LogP contribution in [0, 0.1) is 11.7 Å². The van der Waals surface area contributed by atoms with E-state index in [2.05, 4.69) is 13.8 Å². The van der Waals surface area contributed by atoms with Crippen LogP contribution >= 0.6 is 0 Å². The van der Waals surface area contributed by atoms with E-state index in [9.17, 15) is 4.39 Å². The quantitative estimate of drug-likeness (QED) is 0.834. The maximum Gasteiger partial charge on any atom is 0.169 e. The van der Waals surface area contributed by atoms with Crippen LogP contribution < -0.4 is 10.5 Å². The van der Waals surface area contributed by atoms with Crippen molar-refractivity contribution < 1.29 is 9.13 Å². The molecule has 1 aromatic rings. The average molecular weight is 225 g/mol. The van der Waals surface area contributed by atoms with Gasteiger partial charge in [0.05, 0.1) is 7.11 Å². The SMILES string of the molecule is CCC(C)CC(N)c1cccc(OC)c1F. The van der Waals surface area contributed by atoms with Gasteiger partial charge in [0.2, 0.25) is 0 Å². The van der Waals surface area contributed by atoms with E-state index in [-0.39, 0.29) is 17.6 Å². The zero-order valence-electron chi connectivity index (χ0n) is 10.2. The van der Waals surface area contributed by atoms with E-state index in [0.29, 0.717) is 11.5 Å². The minimum absolute atomic E-state index is 0.259. The number of benzene rings is 1. The lowest BCUT2D eigenvalue weighted by atomic mass is 9.94. The van der Waals surface area contributed by atoms with Gasteiger partial charge in [-0.15, -0.1) is 0 Å². The Kier molecular flexibility index (Phi) is 4.74. The van der Waals surface area contributed by atoms with Crippen LogP contribution in [-0.4, -0.2) is 7.11 Å². The minimum atomic E-state index is -0.333. The molecule has 2 unspecified atom stereocenters. The molecule has 0 fully saturated rings. The fourth-order valence-corrected chi connectivity index (χ4v) is 1.70. The molecule has 0 saturated heterocycles. The third-order valence-corrected chi connectivity index (χ3v) is 2.97. The standard InChI is InChI=1S/C13H20FNO/c1-4-9(2)8-11(15)10-6-5-7-12(16-3)13(10)14/h5-7,9,11H,4,8,15H2,1-3H3. The van der Waals surface area contributed by atoms with E-state index >= 15 is 0 Å². The molecule has 0 amide bonds. The molecule has 0 radical (unpaired) electrons. The van der Waals surface area contributed by atoms with Crippen molar-refractivity contribution in [2.45, 2.75) is 32.7 Å². The first-order valence-electron chi connectivity index (χ1n) is 5.68. The molecule has 0 heterocycles. The molecule has 2 atom stereocenters. The van der Waals surface area contributed by atoms with Crippen molar-refractivity contribution in [1.82, 2.24) is 0 Å². The van der Waals surface area contributed by atoms with Gasteiger partial charge in [-0.3, -0.25) is 0 Å². The maximum absolute atomic E-state index is 13.9. The molecule has 3 heteroatoms. The summed E-state index contributed by atoms with van der Waals surface area (Å²) in [6.45, 7) is 4.23. The predicted molar refractivity (Wildman–Crippen MR) is 64.0 cm³/mol. The Hall–Kier alpha value is -1.09. The summed E-state index contributed by atoms with van der Waals surface area (Å²) >= 11 is 0. The number of ether oxygens (including phenoxy) is 1. The number of methoxy groups -OCH3 is 1. The highest BCUT2D eigenvalue weighted by molar-refractivity contribution is 5.32. The summed E-state index contributed by atoms with van der Waals surface area (Å²) in [4.78, 5) is 0. The van der Waals surface area contributed by atoms with Crippen molar-refractivity contribution in [3.05, 3.63) is 29.6 Å². The molecule has 0 aliphatic heterocycles. The highest BCUT2D eigenvalue weighted by Crippen LogP contribution is 2.27. The number of hydrogen-bond acceptors (Lipinski definition) is 2. The highest BCUT2D eigenvalue weighted by atomic mass is 19.1. The van der Waals surface area contributed by atoms with Crippen LogP contribution in [0.25, 0.3) is 0 Å². The molecule has 0 aliphatic carbocycles. The molecular formula is C13H20FNO. The largest absolute Gasteiger partial charge is 0.494 e. The second-order valence-electron chi connectivity index (χ2n) is 4.22. The summed E-state index contributed by atoms with van der Waals surface area (Å²) in [6.07, 6.45) is 1.85. The second-order valence-corrected chi connectivity index (χ2v) is 4.22. The first kappa shape index (κ1) is 13.0. The van der Waals surface area contributed by atoms with E-state index in [1.165, 1.54) is 7.11 Å². The van der Waals surface area contributed by atoms with Gasteiger partial charge in [-0.1, -0.05) is 32.4 Å². The normalized spacial score (nSPS) is 14.6. The molecule has 1 aromatic carbocycles. The Labute approximate surface area is 96.6 Å².